The molecule has 0 spiro atoms. The Balaban J connectivity index is 0.000000353. The lowest BCUT2D eigenvalue weighted by molar-refractivity contribution is -0.145. The molecule has 8 amide bonds. The van der Waals surface area contributed by atoms with Crippen molar-refractivity contribution in [1.82, 2.24) is 41.0 Å². The quantitative estimate of drug-likeness (QED) is 0.0872. The van der Waals surface area contributed by atoms with Gasteiger partial charge in [-0.15, -0.1) is 11.3 Å². The molecule has 424 valence electrons. The molecule has 2 aromatic carbocycles. The topological polar surface area (TPSA) is 272 Å². The summed E-state index contributed by atoms with van der Waals surface area (Å²) in [4.78, 5) is 108. The molecular formula is C55H80ClN9O11S. The summed E-state index contributed by atoms with van der Waals surface area (Å²) in [7, 11) is 1.58. The molecule has 3 saturated heterocycles. The predicted octanol–water partition coefficient (Wildman–Crippen LogP) is 5.42. The zero-order valence-electron chi connectivity index (χ0n) is 46.1. The van der Waals surface area contributed by atoms with Gasteiger partial charge in [-0.1, -0.05) is 68.8 Å². The van der Waals surface area contributed by atoms with Crippen molar-refractivity contribution in [3.8, 4) is 16.2 Å². The molecule has 6 rings (SSSR count). The van der Waals surface area contributed by atoms with Crippen LogP contribution in [0.3, 0.4) is 0 Å². The number of ether oxygens (including phenoxy) is 2. The van der Waals surface area contributed by atoms with Crippen LogP contribution in [0.1, 0.15) is 123 Å². The Morgan fingerprint density at radius 3 is 2.25 bits per heavy atom. The molecule has 4 unspecified atom stereocenters. The Morgan fingerprint density at radius 1 is 0.961 bits per heavy atom. The Hall–Kier alpha value is -6.32. The third-order valence-electron chi connectivity index (χ3n) is 12.9. The van der Waals surface area contributed by atoms with Crippen molar-refractivity contribution in [2.75, 3.05) is 39.8 Å². The number of β-amino-alcohol motifs (C(OH)–C–C–N with tert-alkyl or cyclic N) is 1. The molecule has 1 aromatic heterocycles. The number of hydrogen-bond acceptors (Lipinski definition) is 13. The molecule has 0 saturated carbocycles. The molecule has 0 radical (unpaired) electrons. The maximum Gasteiger partial charge on any atom is 0.408 e. The van der Waals surface area contributed by atoms with E-state index < -0.39 is 47.5 Å². The second-order valence-corrected chi connectivity index (χ2v) is 22.9. The zero-order valence-corrected chi connectivity index (χ0v) is 47.7. The van der Waals surface area contributed by atoms with Gasteiger partial charge >= 0.3 is 6.09 Å². The number of benzene rings is 2. The number of hydrogen-bond donors (Lipinski definition) is 6. The SMILES string of the molecule is CC(C)(C)CC(=O)N1CCC(O)C1.CNC(=O)CCCc1cccc(OCC(CCC(N)=O)NC(=O)C2CC[C@@H]3CCN(C(C)=O)CC(NC(=O)OC(C)(C)C)C(=O)N23)c1Cl.Cc1ncsc1-c1ccc(CNC=O)cc1. The van der Waals surface area contributed by atoms with Crippen LogP contribution in [0.2, 0.25) is 5.02 Å². The number of halogens is 1. The Morgan fingerprint density at radius 2 is 1.66 bits per heavy atom. The van der Waals surface area contributed by atoms with Crippen LogP contribution in [0.4, 0.5) is 4.79 Å². The summed E-state index contributed by atoms with van der Waals surface area (Å²) in [6.07, 6.45) is 3.96. The summed E-state index contributed by atoms with van der Waals surface area (Å²) in [5, 5.41) is 20.4. The Kier molecular flexibility index (Phi) is 24.6. The average Bonchev–Trinajstić information content (AvgIpc) is 4.12. The van der Waals surface area contributed by atoms with Crippen LogP contribution in [0, 0.1) is 12.3 Å². The first-order valence-electron chi connectivity index (χ1n) is 26.2. The van der Waals surface area contributed by atoms with Gasteiger partial charge in [-0.2, -0.15) is 0 Å². The molecule has 3 aromatic rings. The number of nitrogens with one attached hydrogen (secondary N) is 4. The first-order valence-corrected chi connectivity index (χ1v) is 27.4. The fourth-order valence-electron chi connectivity index (χ4n) is 8.95. The van der Waals surface area contributed by atoms with Crippen LogP contribution in [0.15, 0.2) is 48.0 Å². The van der Waals surface area contributed by atoms with Gasteiger partial charge in [-0.3, -0.25) is 33.6 Å². The molecule has 3 aliphatic heterocycles. The number of likely N-dealkylation sites (tertiary alicyclic amines) is 1. The van der Waals surface area contributed by atoms with Crippen molar-refractivity contribution in [2.24, 2.45) is 11.1 Å². The fraction of sp³-hybridized carbons (Fsp3) is 0.582. The fourth-order valence-corrected chi connectivity index (χ4v) is 10.0. The van der Waals surface area contributed by atoms with E-state index in [-0.39, 0.29) is 61.3 Å². The van der Waals surface area contributed by atoms with Crippen LogP contribution in [-0.4, -0.2) is 148 Å². The maximum atomic E-state index is 14.0. The number of aromatic nitrogens is 1. The minimum absolute atomic E-state index is 0.0136. The lowest BCUT2D eigenvalue weighted by Crippen LogP contribution is -2.61. The summed E-state index contributed by atoms with van der Waals surface area (Å²) in [5.74, 6) is -1.20. The van der Waals surface area contributed by atoms with E-state index in [4.69, 9.17) is 26.8 Å². The van der Waals surface area contributed by atoms with Gasteiger partial charge < -0.3 is 56.3 Å². The van der Waals surface area contributed by atoms with E-state index in [0.29, 0.717) is 81.8 Å². The third-order valence-corrected chi connectivity index (χ3v) is 14.3. The number of thiazole rings is 1. The number of carbonyl (C=O) groups excluding carboxylic acids is 8. The minimum atomic E-state index is -1.13. The third kappa shape index (κ3) is 21.2. The number of aliphatic hydroxyl groups is 1. The van der Waals surface area contributed by atoms with Crippen LogP contribution in [-0.2, 0) is 51.3 Å². The van der Waals surface area contributed by atoms with Crippen LogP contribution < -0.4 is 31.7 Å². The number of alkyl carbamates (subject to hydrolysis) is 1. The maximum absolute atomic E-state index is 14.0. The zero-order chi connectivity index (χ0) is 57.0. The molecule has 77 heavy (non-hydrogen) atoms. The molecule has 22 heteroatoms. The van der Waals surface area contributed by atoms with E-state index in [2.05, 4.69) is 59.2 Å². The molecular weight excluding hydrogens is 1030 g/mol. The Labute approximate surface area is 461 Å². The van der Waals surface area contributed by atoms with Crippen molar-refractivity contribution in [1.29, 1.82) is 0 Å². The summed E-state index contributed by atoms with van der Waals surface area (Å²) in [6, 6.07) is 10.5. The largest absolute Gasteiger partial charge is 0.490 e. The Bertz CT molecular complexity index is 2480. The number of carbonyl (C=O) groups is 8. The molecule has 20 nitrogen and oxygen atoms in total. The number of amides is 8. The van der Waals surface area contributed by atoms with Crippen molar-refractivity contribution in [3.05, 3.63) is 69.8 Å². The van der Waals surface area contributed by atoms with Gasteiger partial charge in [0.2, 0.25) is 41.9 Å². The van der Waals surface area contributed by atoms with Crippen molar-refractivity contribution in [3.63, 3.8) is 0 Å². The summed E-state index contributed by atoms with van der Waals surface area (Å²) >= 11 is 8.26. The van der Waals surface area contributed by atoms with E-state index >= 15 is 0 Å². The van der Waals surface area contributed by atoms with E-state index in [9.17, 15) is 43.5 Å². The normalized spacial score (nSPS) is 18.6. The second kappa shape index (κ2) is 30.0. The van der Waals surface area contributed by atoms with Gasteiger partial charge in [-0.25, -0.2) is 9.78 Å². The lowest BCUT2D eigenvalue weighted by atomic mass is 9.92. The molecule has 5 atom stereocenters. The second-order valence-electron chi connectivity index (χ2n) is 21.7. The number of nitrogens with zero attached hydrogens (tertiary/aromatic N) is 4. The molecule has 0 bridgehead atoms. The van der Waals surface area contributed by atoms with Gasteiger partial charge in [0.25, 0.3) is 0 Å². The molecule has 7 N–H and O–H groups in total. The van der Waals surface area contributed by atoms with Gasteiger partial charge in [0.1, 0.15) is 30.0 Å². The highest BCUT2D eigenvalue weighted by Gasteiger charge is 2.46. The van der Waals surface area contributed by atoms with Gasteiger partial charge in [0.15, 0.2) is 0 Å². The predicted molar refractivity (Wildman–Crippen MR) is 294 cm³/mol. The number of fused-ring (bicyclic) bond motifs is 1. The van der Waals surface area contributed by atoms with Crippen LogP contribution >= 0.6 is 22.9 Å². The first kappa shape index (κ1) is 63.2. The summed E-state index contributed by atoms with van der Waals surface area (Å²) < 4.78 is 11.4. The average molecular weight is 1110 g/mol. The van der Waals surface area contributed by atoms with Gasteiger partial charge in [0, 0.05) is 65.5 Å². The van der Waals surface area contributed by atoms with Gasteiger partial charge in [0.05, 0.1) is 39.8 Å². The number of aliphatic hydroxyl groups excluding tert-OH is 1. The van der Waals surface area contributed by atoms with Crippen molar-refractivity contribution >= 4 is 70.9 Å². The standard InChI is InChI=1S/C33H49ClN6O8.C12H12N2OS.C10H19NO2/c1-20(41)39-17-16-23-13-14-25(40(23)31(45)24(18-39)38-32(46)48-33(2,3)4)30(44)37-22(12-15-27(35)42)19-47-26-10-6-8-21(29(26)34)9-7-11-28(43)36-5;1-9-12(16-8-14-9)11-4-2-10(3-5-11)6-13-7-15;1-10(2,3)6-9(13)11-5-4-8(12)7-11/h6,8,10,22-25H,7,9,11-19H2,1-5H3,(H2,35,42)(H,36,43)(H,37,44)(H,38,46);2-5,7-8H,6H2,1H3,(H,13,15);8,12H,4-7H2,1-3H3/t22?,23-,24?,25?;;/m1../s1. The minimum Gasteiger partial charge on any atom is -0.490 e. The molecule has 3 fully saturated rings. The highest BCUT2D eigenvalue weighted by Crippen LogP contribution is 2.32. The summed E-state index contributed by atoms with van der Waals surface area (Å²) in [6.45, 7) is 16.7. The van der Waals surface area contributed by atoms with E-state index in [1.807, 2.05) is 30.6 Å². The van der Waals surface area contributed by atoms with Crippen molar-refractivity contribution in [2.45, 2.75) is 162 Å². The smallest absolute Gasteiger partial charge is 0.408 e. The van der Waals surface area contributed by atoms with E-state index in [0.717, 1.165) is 29.8 Å². The van der Waals surface area contributed by atoms with Crippen LogP contribution in [0.25, 0.3) is 10.4 Å². The highest BCUT2D eigenvalue weighted by molar-refractivity contribution is 7.13. The van der Waals surface area contributed by atoms with Crippen molar-refractivity contribution < 1.29 is 52.9 Å². The van der Waals surface area contributed by atoms with Crippen LogP contribution in [0.5, 0.6) is 5.75 Å². The number of primary amides is 1. The number of aryl methyl sites for hydroxylation is 2. The monoisotopic (exact) mass is 1110 g/mol. The number of nitrogens with two attached hydrogens (primary N) is 1. The molecule has 0 aliphatic carbocycles. The molecule has 4 heterocycles. The first-order chi connectivity index (χ1) is 36.3. The van der Waals surface area contributed by atoms with E-state index in [1.165, 1.54) is 27.2 Å². The van der Waals surface area contributed by atoms with Gasteiger partial charge in [-0.05, 0) is 101 Å². The van der Waals surface area contributed by atoms with E-state index in [1.54, 1.807) is 56.2 Å². The highest BCUT2D eigenvalue weighted by atomic mass is 35.5. The lowest BCUT2D eigenvalue weighted by Gasteiger charge is -2.38. The summed E-state index contributed by atoms with van der Waals surface area (Å²) in [5.41, 5.74) is 10.6. The molecule has 3 aliphatic rings. The number of rotatable bonds is 18.